The van der Waals surface area contributed by atoms with Crippen LogP contribution in [0.3, 0.4) is 0 Å². The molecule has 2 aromatic heterocycles. The molecule has 1 saturated heterocycles. The van der Waals surface area contributed by atoms with Gasteiger partial charge in [-0.15, -0.1) is 11.3 Å². The number of nitrogens with zero attached hydrogens (tertiary/aromatic N) is 3. The van der Waals surface area contributed by atoms with E-state index in [1.807, 2.05) is 19.1 Å². The molecule has 1 aliphatic rings. The molecule has 0 saturated carbocycles. The molecular weight excluding hydrogens is 334 g/mol. The maximum atomic E-state index is 5.66. The fourth-order valence-electron chi connectivity index (χ4n) is 2.93. The lowest BCUT2D eigenvalue weighted by Crippen LogP contribution is -2.39. The van der Waals surface area contributed by atoms with Crippen LogP contribution in [0.5, 0.6) is 0 Å². The van der Waals surface area contributed by atoms with E-state index >= 15 is 0 Å². The average Bonchev–Trinajstić information content (AvgIpc) is 3.34. The summed E-state index contributed by atoms with van der Waals surface area (Å²) in [6.45, 7) is 7.10. The van der Waals surface area contributed by atoms with Crippen molar-refractivity contribution in [2.24, 2.45) is 4.99 Å². The van der Waals surface area contributed by atoms with E-state index < -0.39 is 0 Å². The Labute approximate surface area is 153 Å². The van der Waals surface area contributed by atoms with E-state index in [0.29, 0.717) is 0 Å². The summed E-state index contributed by atoms with van der Waals surface area (Å²) in [4.78, 5) is 11.4. The molecule has 25 heavy (non-hydrogen) atoms. The zero-order chi connectivity index (χ0) is 17.6. The van der Waals surface area contributed by atoms with Crippen LogP contribution in [-0.2, 0) is 6.42 Å². The molecule has 3 heterocycles. The number of anilines is 1. The van der Waals surface area contributed by atoms with Crippen molar-refractivity contribution in [3.63, 3.8) is 0 Å². The molecule has 0 bridgehead atoms. The van der Waals surface area contributed by atoms with Gasteiger partial charge in [-0.2, -0.15) is 0 Å². The van der Waals surface area contributed by atoms with E-state index in [0.717, 1.165) is 54.4 Å². The average molecular weight is 362 g/mol. The maximum absolute atomic E-state index is 5.66. The highest BCUT2D eigenvalue weighted by Crippen LogP contribution is 2.24. The van der Waals surface area contributed by atoms with Crippen LogP contribution < -0.4 is 15.5 Å². The van der Waals surface area contributed by atoms with E-state index in [2.05, 4.69) is 32.8 Å². The Balaban J connectivity index is 1.45. The van der Waals surface area contributed by atoms with E-state index in [4.69, 9.17) is 9.40 Å². The minimum atomic E-state index is 0.0703. The maximum Gasteiger partial charge on any atom is 0.191 e. The minimum Gasteiger partial charge on any atom is -0.464 e. The van der Waals surface area contributed by atoms with Crippen LogP contribution >= 0.6 is 11.3 Å². The summed E-state index contributed by atoms with van der Waals surface area (Å²) in [5.41, 5.74) is 1.14. The predicted octanol–water partition coefficient (Wildman–Crippen LogP) is 3.11. The number of nitrogens with one attached hydrogen (secondary N) is 2. The fourth-order valence-corrected chi connectivity index (χ4v) is 3.84. The molecule has 7 heteroatoms. The molecule has 1 atom stereocenters. The number of rotatable bonds is 6. The summed E-state index contributed by atoms with van der Waals surface area (Å²) in [5.74, 6) is 2.61. The van der Waals surface area contributed by atoms with Gasteiger partial charge in [0.2, 0.25) is 0 Å². The van der Waals surface area contributed by atoms with Crippen molar-refractivity contribution < 1.29 is 4.42 Å². The Kier molecular flexibility index (Phi) is 5.96. The van der Waals surface area contributed by atoms with Gasteiger partial charge in [0.25, 0.3) is 0 Å². The Morgan fingerprint density at radius 3 is 2.88 bits per heavy atom. The summed E-state index contributed by atoms with van der Waals surface area (Å²) < 4.78 is 5.66. The summed E-state index contributed by atoms with van der Waals surface area (Å²) in [7, 11) is 1.78. The van der Waals surface area contributed by atoms with Gasteiger partial charge in [0.1, 0.15) is 11.5 Å². The summed E-state index contributed by atoms with van der Waals surface area (Å²) >= 11 is 1.75. The summed E-state index contributed by atoms with van der Waals surface area (Å²) in [6, 6.07) is 4.04. The number of hydrogen-bond donors (Lipinski definition) is 2. The van der Waals surface area contributed by atoms with Crippen molar-refractivity contribution in [1.82, 2.24) is 15.6 Å². The van der Waals surface area contributed by atoms with Crippen molar-refractivity contribution in [1.29, 1.82) is 0 Å². The third kappa shape index (κ3) is 4.75. The third-order valence-electron chi connectivity index (χ3n) is 4.35. The highest BCUT2D eigenvalue weighted by molar-refractivity contribution is 7.13. The van der Waals surface area contributed by atoms with E-state index in [1.165, 1.54) is 12.8 Å². The normalized spacial score (nSPS) is 16.3. The molecule has 1 fully saturated rings. The first-order valence-electron chi connectivity index (χ1n) is 8.88. The lowest BCUT2D eigenvalue weighted by Gasteiger charge is -2.16. The van der Waals surface area contributed by atoms with Crippen molar-refractivity contribution in [2.45, 2.75) is 39.2 Å². The summed E-state index contributed by atoms with van der Waals surface area (Å²) in [5, 5.41) is 10.0. The molecule has 0 aliphatic carbocycles. The van der Waals surface area contributed by atoms with Crippen LogP contribution in [-0.4, -0.2) is 37.6 Å². The Hall–Kier alpha value is -2.02. The van der Waals surface area contributed by atoms with Crippen LogP contribution in [0.1, 0.15) is 43.0 Å². The first-order chi connectivity index (χ1) is 12.2. The number of aromatic nitrogens is 1. The van der Waals surface area contributed by atoms with E-state index in [1.54, 1.807) is 18.4 Å². The predicted molar refractivity (Wildman–Crippen MR) is 104 cm³/mol. The smallest absolute Gasteiger partial charge is 0.191 e. The van der Waals surface area contributed by atoms with Crippen LogP contribution in [0.25, 0.3) is 0 Å². The largest absolute Gasteiger partial charge is 0.464 e. The quantitative estimate of drug-likeness (QED) is 0.611. The topological polar surface area (TPSA) is 65.7 Å². The molecule has 6 nitrogen and oxygen atoms in total. The molecule has 1 unspecified atom stereocenters. The number of guanidine groups is 1. The monoisotopic (exact) mass is 361 g/mol. The van der Waals surface area contributed by atoms with Crippen molar-refractivity contribution in [3.05, 3.63) is 34.7 Å². The fraction of sp³-hybridized carbons (Fsp3) is 0.556. The minimum absolute atomic E-state index is 0.0703. The first-order valence-corrected chi connectivity index (χ1v) is 9.76. The molecule has 1 aliphatic heterocycles. The second-order valence-corrected chi connectivity index (χ2v) is 7.22. The molecule has 0 spiro atoms. The highest BCUT2D eigenvalue weighted by Gasteiger charge is 2.15. The lowest BCUT2D eigenvalue weighted by molar-refractivity contribution is 0.441. The number of aryl methyl sites for hydroxylation is 1. The second-order valence-electron chi connectivity index (χ2n) is 6.38. The molecule has 0 radical (unpaired) electrons. The Bertz CT molecular complexity index is 702. The molecule has 0 amide bonds. The number of thiazole rings is 1. The van der Waals surface area contributed by atoms with Gasteiger partial charge in [-0.3, -0.25) is 4.99 Å². The molecule has 3 rings (SSSR count). The van der Waals surface area contributed by atoms with Crippen LogP contribution in [0.15, 0.2) is 26.9 Å². The van der Waals surface area contributed by atoms with Gasteiger partial charge >= 0.3 is 0 Å². The Morgan fingerprint density at radius 1 is 1.40 bits per heavy atom. The van der Waals surface area contributed by atoms with Crippen molar-refractivity contribution >= 4 is 22.4 Å². The van der Waals surface area contributed by atoms with Crippen molar-refractivity contribution in [2.75, 3.05) is 31.6 Å². The number of aliphatic imine (C=N–C) groups is 1. The van der Waals surface area contributed by atoms with Gasteiger partial charge in [-0.1, -0.05) is 0 Å². The van der Waals surface area contributed by atoms with Gasteiger partial charge < -0.3 is 20.0 Å². The lowest BCUT2D eigenvalue weighted by atomic mass is 10.2. The van der Waals surface area contributed by atoms with Crippen LogP contribution in [0.4, 0.5) is 5.13 Å². The number of hydrogen-bond acceptors (Lipinski definition) is 5. The molecular formula is C18H27N5OS. The zero-order valence-corrected chi connectivity index (χ0v) is 16.0. The number of furan rings is 1. The van der Waals surface area contributed by atoms with Gasteiger partial charge in [0, 0.05) is 38.5 Å². The van der Waals surface area contributed by atoms with Crippen molar-refractivity contribution in [3.8, 4) is 0 Å². The third-order valence-corrected chi connectivity index (χ3v) is 5.30. The van der Waals surface area contributed by atoms with E-state index in [-0.39, 0.29) is 6.04 Å². The Morgan fingerprint density at radius 2 is 2.20 bits per heavy atom. The van der Waals surface area contributed by atoms with Crippen LogP contribution in [0, 0.1) is 6.92 Å². The van der Waals surface area contributed by atoms with Gasteiger partial charge in [0.05, 0.1) is 11.7 Å². The molecule has 0 aromatic carbocycles. The second kappa shape index (κ2) is 8.38. The SMILES string of the molecule is CN=C(NCCc1csc(N2CCCC2)n1)NC(C)c1ccc(C)o1. The molecule has 2 aromatic rings. The standard InChI is InChI=1S/C18H27N5OS/c1-13-6-7-16(24-13)14(2)21-17(19-3)20-9-8-15-12-25-18(22-15)23-10-4-5-11-23/h6-7,12,14H,4-5,8-11H2,1-3H3,(H2,19,20,21). The zero-order valence-electron chi connectivity index (χ0n) is 15.2. The van der Waals surface area contributed by atoms with Crippen LogP contribution in [0.2, 0.25) is 0 Å². The summed E-state index contributed by atoms with van der Waals surface area (Å²) in [6.07, 6.45) is 3.46. The van der Waals surface area contributed by atoms with Gasteiger partial charge in [-0.05, 0) is 38.8 Å². The van der Waals surface area contributed by atoms with Gasteiger partial charge in [-0.25, -0.2) is 4.98 Å². The highest BCUT2D eigenvalue weighted by atomic mass is 32.1. The first kappa shape index (κ1) is 17.8. The van der Waals surface area contributed by atoms with Gasteiger partial charge in [0.15, 0.2) is 11.1 Å². The molecule has 136 valence electrons. The molecule has 2 N–H and O–H groups in total. The van der Waals surface area contributed by atoms with E-state index in [9.17, 15) is 0 Å².